The third kappa shape index (κ3) is 2.20. The summed E-state index contributed by atoms with van der Waals surface area (Å²) in [5, 5.41) is 0. The highest BCUT2D eigenvalue weighted by Crippen LogP contribution is 2.26. The zero-order valence-corrected chi connectivity index (χ0v) is 10.2. The Balaban J connectivity index is 2.54. The molecule has 90 valence electrons. The average Bonchev–Trinajstić information content (AvgIpc) is 2.81. The molecule has 0 unspecified atom stereocenters. The third-order valence-corrected chi connectivity index (χ3v) is 3.06. The fraction of sp³-hybridized carbons (Fsp3) is 0.462. The van der Waals surface area contributed by atoms with Crippen LogP contribution < -0.4 is 4.90 Å². The number of hydrogen-bond acceptors (Lipinski definition) is 4. The summed E-state index contributed by atoms with van der Waals surface area (Å²) in [7, 11) is 0. The van der Waals surface area contributed by atoms with Crippen molar-refractivity contribution in [1.29, 1.82) is 0 Å². The molecule has 0 saturated carbocycles. The fourth-order valence-electron chi connectivity index (χ4n) is 2.29. The number of pyridine rings is 1. The molecule has 2 heterocycles. The normalized spacial score (nSPS) is 15.1. The van der Waals surface area contributed by atoms with Gasteiger partial charge in [0, 0.05) is 26.2 Å². The van der Waals surface area contributed by atoms with Gasteiger partial charge in [0.2, 0.25) is 0 Å². The molecule has 2 rings (SSSR count). The molecular weight excluding hydrogens is 216 g/mol. The third-order valence-electron chi connectivity index (χ3n) is 3.06. The van der Waals surface area contributed by atoms with Gasteiger partial charge in [0.05, 0.1) is 11.3 Å². The Bertz CT molecular complexity index is 462. The standard InChI is InChI=1S/C13H16N2O2/c1-9(16)12-11(15-7-3-4-8-15)5-6-14-13(12)10(2)17/h5-6H,3-4,7-8H2,1-2H3. The maximum atomic E-state index is 11.7. The highest BCUT2D eigenvalue weighted by molar-refractivity contribution is 6.09. The van der Waals surface area contributed by atoms with Crippen LogP contribution in [-0.4, -0.2) is 29.6 Å². The van der Waals surface area contributed by atoms with Crippen LogP contribution in [0.4, 0.5) is 5.69 Å². The summed E-state index contributed by atoms with van der Waals surface area (Å²) in [6.45, 7) is 4.83. The van der Waals surface area contributed by atoms with Crippen molar-refractivity contribution in [2.75, 3.05) is 18.0 Å². The molecule has 4 heteroatoms. The van der Waals surface area contributed by atoms with Crippen LogP contribution in [0.3, 0.4) is 0 Å². The number of nitrogens with zero attached hydrogens (tertiary/aromatic N) is 2. The van der Waals surface area contributed by atoms with E-state index in [4.69, 9.17) is 0 Å². The molecule has 0 spiro atoms. The predicted molar refractivity (Wildman–Crippen MR) is 65.7 cm³/mol. The zero-order valence-electron chi connectivity index (χ0n) is 10.2. The molecule has 4 nitrogen and oxygen atoms in total. The van der Waals surface area contributed by atoms with E-state index in [0.717, 1.165) is 31.6 Å². The molecule has 0 N–H and O–H groups in total. The maximum absolute atomic E-state index is 11.7. The van der Waals surface area contributed by atoms with Crippen LogP contribution in [0.2, 0.25) is 0 Å². The number of Topliss-reactive ketones (excluding diaryl/α,β-unsaturated/α-hetero) is 2. The number of aromatic nitrogens is 1. The molecule has 0 aromatic carbocycles. The van der Waals surface area contributed by atoms with Gasteiger partial charge in [-0.2, -0.15) is 0 Å². The number of carbonyl (C=O) groups excluding carboxylic acids is 2. The largest absolute Gasteiger partial charge is 0.371 e. The van der Waals surface area contributed by atoms with Crippen molar-refractivity contribution >= 4 is 17.3 Å². The first-order valence-electron chi connectivity index (χ1n) is 5.87. The second-order valence-corrected chi connectivity index (χ2v) is 4.36. The summed E-state index contributed by atoms with van der Waals surface area (Å²) in [6.07, 6.45) is 3.88. The molecule has 0 atom stereocenters. The minimum Gasteiger partial charge on any atom is -0.371 e. The number of hydrogen-bond donors (Lipinski definition) is 0. The minimum absolute atomic E-state index is 0.0924. The molecular formula is C13H16N2O2. The van der Waals surface area contributed by atoms with Crippen LogP contribution in [0.15, 0.2) is 12.3 Å². The summed E-state index contributed by atoms with van der Waals surface area (Å²) < 4.78 is 0. The van der Waals surface area contributed by atoms with Gasteiger partial charge in [0.15, 0.2) is 11.6 Å². The van der Waals surface area contributed by atoms with Crippen LogP contribution in [-0.2, 0) is 0 Å². The van der Waals surface area contributed by atoms with Gasteiger partial charge in [0.1, 0.15) is 5.69 Å². The van der Waals surface area contributed by atoms with Gasteiger partial charge in [-0.3, -0.25) is 14.6 Å². The molecule has 0 aliphatic carbocycles. The van der Waals surface area contributed by atoms with Crippen molar-refractivity contribution in [3.05, 3.63) is 23.5 Å². The number of carbonyl (C=O) groups is 2. The van der Waals surface area contributed by atoms with Crippen LogP contribution in [0.25, 0.3) is 0 Å². The lowest BCUT2D eigenvalue weighted by atomic mass is 10.0. The zero-order chi connectivity index (χ0) is 12.4. The number of rotatable bonds is 3. The lowest BCUT2D eigenvalue weighted by molar-refractivity contribution is 0.0977. The summed E-state index contributed by atoms with van der Waals surface area (Å²) in [5.41, 5.74) is 1.62. The predicted octanol–water partition coefficient (Wildman–Crippen LogP) is 2.09. The molecule has 0 bridgehead atoms. The van der Waals surface area contributed by atoms with Crippen molar-refractivity contribution in [3.63, 3.8) is 0 Å². The molecule has 1 aliphatic heterocycles. The summed E-state index contributed by atoms with van der Waals surface area (Å²) in [6, 6.07) is 1.83. The van der Waals surface area contributed by atoms with E-state index >= 15 is 0 Å². The highest BCUT2D eigenvalue weighted by atomic mass is 16.1. The van der Waals surface area contributed by atoms with Crippen molar-refractivity contribution < 1.29 is 9.59 Å². The van der Waals surface area contributed by atoms with Crippen molar-refractivity contribution in [2.24, 2.45) is 0 Å². The van der Waals surface area contributed by atoms with E-state index in [0.29, 0.717) is 11.3 Å². The van der Waals surface area contributed by atoms with Gasteiger partial charge in [-0.1, -0.05) is 0 Å². The first-order valence-corrected chi connectivity index (χ1v) is 5.87. The van der Waals surface area contributed by atoms with Crippen molar-refractivity contribution in [1.82, 2.24) is 4.98 Å². The lowest BCUT2D eigenvalue weighted by Gasteiger charge is -2.21. The van der Waals surface area contributed by atoms with Gasteiger partial charge in [0.25, 0.3) is 0 Å². The Morgan fingerprint density at radius 3 is 2.35 bits per heavy atom. The van der Waals surface area contributed by atoms with Gasteiger partial charge in [-0.05, 0) is 25.8 Å². The van der Waals surface area contributed by atoms with Crippen LogP contribution in [0, 0.1) is 0 Å². The van der Waals surface area contributed by atoms with Gasteiger partial charge in [-0.15, -0.1) is 0 Å². The second kappa shape index (κ2) is 4.65. The van der Waals surface area contributed by atoms with E-state index in [9.17, 15) is 9.59 Å². The lowest BCUT2D eigenvalue weighted by Crippen LogP contribution is -2.22. The molecule has 1 aromatic heterocycles. The van der Waals surface area contributed by atoms with E-state index < -0.39 is 0 Å². The first kappa shape index (κ1) is 11.8. The molecule has 1 fully saturated rings. The Hall–Kier alpha value is -1.71. The second-order valence-electron chi connectivity index (χ2n) is 4.36. The van der Waals surface area contributed by atoms with Crippen LogP contribution in [0.5, 0.6) is 0 Å². The van der Waals surface area contributed by atoms with Crippen molar-refractivity contribution in [3.8, 4) is 0 Å². The van der Waals surface area contributed by atoms with Crippen LogP contribution >= 0.6 is 0 Å². The Labute approximate surface area is 101 Å². The SMILES string of the molecule is CC(=O)c1nccc(N2CCCC2)c1C(C)=O. The van der Waals surface area contributed by atoms with Gasteiger partial charge < -0.3 is 4.90 Å². The fourth-order valence-corrected chi connectivity index (χ4v) is 2.29. The van der Waals surface area contributed by atoms with E-state index in [1.807, 2.05) is 6.07 Å². The van der Waals surface area contributed by atoms with Gasteiger partial charge in [-0.25, -0.2) is 0 Å². The maximum Gasteiger partial charge on any atom is 0.178 e. The van der Waals surface area contributed by atoms with E-state index in [1.54, 1.807) is 6.20 Å². The minimum atomic E-state index is -0.156. The van der Waals surface area contributed by atoms with E-state index in [-0.39, 0.29) is 11.6 Å². The quantitative estimate of drug-likeness (QED) is 0.749. The molecule has 0 radical (unpaired) electrons. The average molecular weight is 232 g/mol. The van der Waals surface area contributed by atoms with Crippen molar-refractivity contribution in [2.45, 2.75) is 26.7 Å². The topological polar surface area (TPSA) is 50.3 Å². The molecule has 0 amide bonds. The first-order chi connectivity index (χ1) is 8.11. The summed E-state index contributed by atoms with van der Waals surface area (Å²) in [5.74, 6) is -0.249. The van der Waals surface area contributed by atoms with Gasteiger partial charge >= 0.3 is 0 Å². The molecule has 1 aromatic rings. The summed E-state index contributed by atoms with van der Waals surface area (Å²) in [4.78, 5) is 29.4. The molecule has 1 saturated heterocycles. The number of anilines is 1. The summed E-state index contributed by atoms with van der Waals surface area (Å²) >= 11 is 0. The van der Waals surface area contributed by atoms with Crippen LogP contribution in [0.1, 0.15) is 47.5 Å². The van der Waals surface area contributed by atoms with E-state index in [2.05, 4.69) is 9.88 Å². The highest BCUT2D eigenvalue weighted by Gasteiger charge is 2.22. The Morgan fingerprint density at radius 2 is 1.82 bits per heavy atom. The monoisotopic (exact) mass is 232 g/mol. The number of ketones is 2. The Kier molecular flexibility index (Phi) is 3.22. The molecule has 17 heavy (non-hydrogen) atoms. The Morgan fingerprint density at radius 1 is 1.18 bits per heavy atom. The molecule has 1 aliphatic rings. The smallest absolute Gasteiger partial charge is 0.178 e. The van der Waals surface area contributed by atoms with E-state index in [1.165, 1.54) is 13.8 Å².